The molecular weight excluding hydrogens is 408 g/mol. The van der Waals surface area contributed by atoms with Crippen molar-refractivity contribution in [3.05, 3.63) is 63.3 Å². The van der Waals surface area contributed by atoms with Crippen LogP contribution in [0.5, 0.6) is 0 Å². The van der Waals surface area contributed by atoms with Gasteiger partial charge in [0.25, 0.3) is 0 Å². The van der Waals surface area contributed by atoms with Crippen molar-refractivity contribution in [2.24, 2.45) is 5.41 Å². The molecule has 31 heavy (non-hydrogen) atoms. The lowest BCUT2D eigenvalue weighted by atomic mass is 9.75. The Morgan fingerprint density at radius 3 is 2.48 bits per heavy atom. The van der Waals surface area contributed by atoms with Crippen molar-refractivity contribution >= 4 is 22.1 Å². The molecule has 1 fully saturated rings. The zero-order valence-corrected chi connectivity index (χ0v) is 18.7. The highest BCUT2D eigenvalue weighted by Gasteiger charge is 2.37. The highest BCUT2D eigenvalue weighted by molar-refractivity contribution is 7.19. The minimum Gasteiger partial charge on any atom is -0.378 e. The van der Waals surface area contributed by atoms with Gasteiger partial charge in [-0.25, -0.2) is 0 Å². The smallest absolute Gasteiger partial charge is 0.249 e. The third-order valence-corrected chi connectivity index (χ3v) is 7.39. The molecule has 0 atom stereocenters. The largest absolute Gasteiger partial charge is 0.378 e. The van der Waals surface area contributed by atoms with Crippen molar-refractivity contribution in [1.29, 1.82) is 0 Å². The van der Waals surface area contributed by atoms with Gasteiger partial charge in [0.1, 0.15) is 0 Å². The molecule has 1 saturated heterocycles. The standard InChI is InChI=1S/C25H26N2O3S/c1-25(2)14-18-22(17-12-19(26-21(29)13-17)16-6-4-3-5-7-16)24(27-8-10-30-11-9-27)31-23(18)20(28)15-25/h3-7,12-13H,8-11,14-15H2,1-2H3,(H,26,29). The molecule has 2 aromatic heterocycles. The van der Waals surface area contributed by atoms with Crippen LogP contribution in [0, 0.1) is 5.41 Å². The molecule has 0 bridgehead atoms. The van der Waals surface area contributed by atoms with Crippen molar-refractivity contribution in [1.82, 2.24) is 4.98 Å². The summed E-state index contributed by atoms with van der Waals surface area (Å²) in [5, 5.41) is 1.09. The predicted octanol–water partition coefficient (Wildman–Crippen LogP) is 4.76. The van der Waals surface area contributed by atoms with Crippen LogP contribution in [0.2, 0.25) is 0 Å². The molecular formula is C25H26N2O3S. The van der Waals surface area contributed by atoms with E-state index >= 15 is 0 Å². The lowest BCUT2D eigenvalue weighted by Crippen LogP contribution is -2.36. The zero-order valence-electron chi connectivity index (χ0n) is 17.9. The number of anilines is 1. The van der Waals surface area contributed by atoms with Gasteiger partial charge in [0.15, 0.2) is 5.78 Å². The van der Waals surface area contributed by atoms with Crippen molar-refractivity contribution in [2.75, 3.05) is 31.2 Å². The van der Waals surface area contributed by atoms with E-state index in [2.05, 4.69) is 29.8 Å². The second-order valence-electron chi connectivity index (χ2n) is 9.14. The monoisotopic (exact) mass is 434 g/mol. The van der Waals surface area contributed by atoms with Gasteiger partial charge in [-0.1, -0.05) is 44.2 Å². The Morgan fingerprint density at radius 2 is 1.74 bits per heavy atom. The van der Waals surface area contributed by atoms with Gasteiger partial charge in [0.2, 0.25) is 5.56 Å². The Balaban J connectivity index is 1.72. The molecule has 1 aliphatic carbocycles. The number of hydrogen-bond donors (Lipinski definition) is 1. The van der Waals surface area contributed by atoms with E-state index in [0.29, 0.717) is 19.6 Å². The van der Waals surface area contributed by atoms with Crippen LogP contribution in [-0.2, 0) is 11.2 Å². The van der Waals surface area contributed by atoms with Gasteiger partial charge in [-0.05, 0) is 34.6 Å². The van der Waals surface area contributed by atoms with Crippen LogP contribution in [0.4, 0.5) is 5.00 Å². The Kier molecular flexibility index (Phi) is 5.07. The van der Waals surface area contributed by atoms with E-state index in [1.165, 1.54) is 0 Å². The first-order valence-electron chi connectivity index (χ1n) is 10.7. The number of hydrogen-bond acceptors (Lipinski definition) is 5. The molecule has 0 amide bonds. The number of aromatic amines is 1. The number of morpholine rings is 1. The Hall–Kier alpha value is -2.70. The number of fused-ring (bicyclic) bond motifs is 1. The maximum Gasteiger partial charge on any atom is 0.249 e. The highest BCUT2D eigenvalue weighted by Crippen LogP contribution is 2.49. The minimum absolute atomic E-state index is 0.0916. The summed E-state index contributed by atoms with van der Waals surface area (Å²) in [4.78, 5) is 31.9. The molecule has 3 aromatic rings. The van der Waals surface area contributed by atoms with Gasteiger partial charge in [0, 0.05) is 36.8 Å². The molecule has 0 unspecified atom stereocenters. The van der Waals surface area contributed by atoms with Crippen LogP contribution in [-0.4, -0.2) is 37.1 Å². The van der Waals surface area contributed by atoms with Crippen LogP contribution in [0.25, 0.3) is 22.4 Å². The third kappa shape index (κ3) is 3.86. The fourth-order valence-corrected chi connectivity index (χ4v) is 5.98. The van der Waals surface area contributed by atoms with Gasteiger partial charge in [-0.2, -0.15) is 0 Å². The van der Waals surface area contributed by atoms with Crippen molar-refractivity contribution in [3.63, 3.8) is 0 Å². The molecule has 1 aromatic carbocycles. The van der Waals surface area contributed by atoms with Crippen LogP contribution < -0.4 is 10.5 Å². The maximum atomic E-state index is 13.0. The van der Waals surface area contributed by atoms with Crippen LogP contribution in [0.3, 0.4) is 0 Å². The number of thiophene rings is 1. The number of pyridine rings is 1. The van der Waals surface area contributed by atoms with E-state index in [1.54, 1.807) is 17.4 Å². The summed E-state index contributed by atoms with van der Waals surface area (Å²) in [5.74, 6) is 0.213. The SMILES string of the molecule is CC1(C)CC(=O)c2sc(N3CCOCC3)c(-c3cc(-c4ccccc4)[nH]c(=O)c3)c2C1. The van der Waals surface area contributed by atoms with E-state index in [1.807, 2.05) is 30.3 Å². The summed E-state index contributed by atoms with van der Waals surface area (Å²) in [5.41, 5.74) is 4.56. The number of ether oxygens (including phenoxy) is 1. The molecule has 2 aliphatic rings. The molecule has 3 heterocycles. The minimum atomic E-state index is -0.134. The van der Waals surface area contributed by atoms with Crippen LogP contribution in [0.1, 0.15) is 35.5 Å². The number of nitrogens with one attached hydrogen (secondary N) is 1. The molecule has 5 nitrogen and oxygen atoms in total. The lowest BCUT2D eigenvalue weighted by molar-refractivity contribution is 0.0918. The summed E-state index contributed by atoms with van der Waals surface area (Å²) >= 11 is 1.59. The number of benzene rings is 1. The van der Waals surface area contributed by atoms with Crippen molar-refractivity contribution < 1.29 is 9.53 Å². The Labute approximate surface area is 185 Å². The van der Waals surface area contributed by atoms with Crippen molar-refractivity contribution in [2.45, 2.75) is 26.7 Å². The second kappa shape index (κ2) is 7.77. The summed E-state index contributed by atoms with van der Waals surface area (Å²) in [7, 11) is 0. The third-order valence-electron chi connectivity index (χ3n) is 6.05. The Bertz CT molecular complexity index is 1190. The van der Waals surface area contributed by atoms with Gasteiger partial charge in [-0.3, -0.25) is 9.59 Å². The number of rotatable bonds is 3. The van der Waals surface area contributed by atoms with Gasteiger partial charge in [0.05, 0.1) is 23.1 Å². The Morgan fingerprint density at radius 1 is 1.00 bits per heavy atom. The molecule has 5 rings (SSSR count). The van der Waals surface area contributed by atoms with E-state index < -0.39 is 0 Å². The van der Waals surface area contributed by atoms with E-state index in [-0.39, 0.29) is 16.8 Å². The summed E-state index contributed by atoms with van der Waals surface area (Å²) in [6.45, 7) is 7.23. The van der Waals surface area contributed by atoms with Crippen molar-refractivity contribution in [3.8, 4) is 22.4 Å². The molecule has 1 aliphatic heterocycles. The average molecular weight is 435 g/mol. The maximum absolute atomic E-state index is 13.0. The van der Waals surface area contributed by atoms with Gasteiger partial charge >= 0.3 is 0 Å². The predicted molar refractivity (Wildman–Crippen MR) is 125 cm³/mol. The molecule has 160 valence electrons. The number of Topliss-reactive ketones (excluding diaryl/α,β-unsaturated/α-hetero) is 1. The number of ketones is 1. The number of nitrogens with zero attached hydrogens (tertiary/aromatic N) is 1. The molecule has 0 spiro atoms. The number of carbonyl (C=O) groups excluding carboxylic acids is 1. The van der Waals surface area contributed by atoms with E-state index in [0.717, 1.165) is 57.3 Å². The summed E-state index contributed by atoms with van der Waals surface area (Å²) in [6.07, 6.45) is 1.39. The topological polar surface area (TPSA) is 62.4 Å². The number of H-pyrrole nitrogens is 1. The first-order chi connectivity index (χ1) is 14.9. The zero-order chi connectivity index (χ0) is 21.6. The fourth-order valence-electron chi connectivity index (χ4n) is 4.65. The first-order valence-corrected chi connectivity index (χ1v) is 11.5. The molecule has 0 saturated carbocycles. The normalized spacial score (nSPS) is 18.1. The number of carbonyl (C=O) groups is 1. The van der Waals surface area contributed by atoms with E-state index in [4.69, 9.17) is 4.74 Å². The van der Waals surface area contributed by atoms with Gasteiger partial charge < -0.3 is 14.6 Å². The first kappa shape index (κ1) is 20.2. The quantitative estimate of drug-likeness (QED) is 0.646. The summed E-state index contributed by atoms with van der Waals surface area (Å²) in [6, 6.07) is 13.6. The lowest BCUT2D eigenvalue weighted by Gasteiger charge is -2.30. The molecule has 0 radical (unpaired) electrons. The molecule has 1 N–H and O–H groups in total. The summed E-state index contributed by atoms with van der Waals surface area (Å²) < 4.78 is 5.56. The average Bonchev–Trinajstić information content (AvgIpc) is 3.13. The van der Waals surface area contributed by atoms with Crippen LogP contribution in [0.15, 0.2) is 47.3 Å². The van der Waals surface area contributed by atoms with Crippen LogP contribution >= 0.6 is 11.3 Å². The van der Waals surface area contributed by atoms with E-state index in [9.17, 15) is 9.59 Å². The van der Waals surface area contributed by atoms with Gasteiger partial charge in [-0.15, -0.1) is 11.3 Å². The number of aromatic nitrogens is 1. The molecule has 6 heteroatoms. The second-order valence-corrected chi connectivity index (χ2v) is 10.1. The highest BCUT2D eigenvalue weighted by atomic mass is 32.1. The fraction of sp³-hybridized carbons (Fsp3) is 0.360.